The Labute approximate surface area is 118 Å². The van der Waals surface area contributed by atoms with E-state index in [1.807, 2.05) is 6.92 Å². The topological polar surface area (TPSA) is 46.3 Å². The van der Waals surface area contributed by atoms with Crippen molar-refractivity contribution >= 4 is 5.91 Å². The van der Waals surface area contributed by atoms with Gasteiger partial charge in [-0.3, -0.25) is 4.79 Å². The first-order chi connectivity index (χ1) is 9.33. The molecule has 0 aliphatic heterocycles. The van der Waals surface area contributed by atoms with E-state index in [1.54, 1.807) is 13.8 Å². The van der Waals surface area contributed by atoms with Crippen LogP contribution in [-0.2, 0) is 11.3 Å². The van der Waals surface area contributed by atoms with Gasteiger partial charge in [0.2, 0.25) is 5.91 Å². The van der Waals surface area contributed by atoms with Crippen molar-refractivity contribution in [3.63, 3.8) is 0 Å². The van der Waals surface area contributed by atoms with Gasteiger partial charge in [0, 0.05) is 12.1 Å². The molecular formula is C15H22F2N2O. The molecule has 0 bridgehead atoms. The molecule has 0 heterocycles. The summed E-state index contributed by atoms with van der Waals surface area (Å²) in [4.78, 5) is 13.8. The Morgan fingerprint density at radius 1 is 1.30 bits per heavy atom. The molecule has 0 aromatic heterocycles. The Morgan fingerprint density at radius 2 is 1.85 bits per heavy atom. The molecule has 0 saturated heterocycles. The van der Waals surface area contributed by atoms with Crippen molar-refractivity contribution in [1.82, 2.24) is 4.90 Å². The molecule has 1 atom stereocenters. The normalized spacial score (nSPS) is 13.9. The Balaban J connectivity index is 2.95. The van der Waals surface area contributed by atoms with Crippen LogP contribution in [-0.4, -0.2) is 22.9 Å². The van der Waals surface area contributed by atoms with Gasteiger partial charge in [-0.05, 0) is 32.4 Å². The van der Waals surface area contributed by atoms with Crippen LogP contribution in [0.25, 0.3) is 0 Å². The van der Waals surface area contributed by atoms with Crippen molar-refractivity contribution in [1.29, 1.82) is 0 Å². The molecule has 1 aromatic rings. The molecule has 0 aliphatic carbocycles. The van der Waals surface area contributed by atoms with E-state index < -0.39 is 17.2 Å². The third-order valence-electron chi connectivity index (χ3n) is 3.34. The van der Waals surface area contributed by atoms with Crippen LogP contribution in [0.15, 0.2) is 18.2 Å². The zero-order valence-corrected chi connectivity index (χ0v) is 12.2. The largest absolute Gasteiger partial charge is 0.337 e. The number of carbonyl (C=O) groups excluding carboxylic acids is 1. The van der Waals surface area contributed by atoms with Crippen molar-refractivity contribution in [3.05, 3.63) is 35.4 Å². The standard InChI is InChI=1S/C15H22F2N2O/c1-4-9-15(3,18)14(20)19(5-2)10-11-12(16)7-6-8-13(11)17/h6-8H,4-5,9-10,18H2,1-3H3. The van der Waals surface area contributed by atoms with Crippen LogP contribution >= 0.6 is 0 Å². The summed E-state index contributed by atoms with van der Waals surface area (Å²) in [5.41, 5.74) is 4.89. The number of halogens is 2. The number of amides is 1. The van der Waals surface area contributed by atoms with Gasteiger partial charge in [0.1, 0.15) is 11.6 Å². The first-order valence-electron chi connectivity index (χ1n) is 6.84. The highest BCUT2D eigenvalue weighted by Gasteiger charge is 2.31. The van der Waals surface area contributed by atoms with Crippen LogP contribution in [0.4, 0.5) is 8.78 Å². The molecule has 2 N–H and O–H groups in total. The van der Waals surface area contributed by atoms with E-state index in [4.69, 9.17) is 5.73 Å². The lowest BCUT2D eigenvalue weighted by molar-refractivity contribution is -0.137. The molecular weight excluding hydrogens is 262 g/mol. The molecule has 1 amide bonds. The third-order valence-corrected chi connectivity index (χ3v) is 3.34. The van der Waals surface area contributed by atoms with Crippen molar-refractivity contribution < 1.29 is 13.6 Å². The van der Waals surface area contributed by atoms with Gasteiger partial charge in [0.25, 0.3) is 0 Å². The average Bonchev–Trinajstić information content (AvgIpc) is 2.38. The maximum absolute atomic E-state index is 13.6. The summed E-state index contributed by atoms with van der Waals surface area (Å²) in [5.74, 6) is -1.58. The summed E-state index contributed by atoms with van der Waals surface area (Å²) in [6.07, 6.45) is 1.30. The Morgan fingerprint density at radius 3 is 2.30 bits per heavy atom. The summed E-state index contributed by atoms with van der Waals surface area (Å²) in [7, 11) is 0. The summed E-state index contributed by atoms with van der Waals surface area (Å²) >= 11 is 0. The molecule has 20 heavy (non-hydrogen) atoms. The van der Waals surface area contributed by atoms with Crippen LogP contribution in [0.3, 0.4) is 0 Å². The Hall–Kier alpha value is -1.49. The van der Waals surface area contributed by atoms with Crippen molar-refractivity contribution in [2.24, 2.45) is 5.73 Å². The van der Waals surface area contributed by atoms with E-state index in [-0.39, 0.29) is 18.0 Å². The summed E-state index contributed by atoms with van der Waals surface area (Å²) in [6, 6.07) is 3.67. The molecule has 0 spiro atoms. The predicted molar refractivity (Wildman–Crippen MR) is 74.9 cm³/mol. The van der Waals surface area contributed by atoms with Gasteiger partial charge in [0.05, 0.1) is 12.1 Å². The van der Waals surface area contributed by atoms with E-state index in [0.29, 0.717) is 13.0 Å². The fraction of sp³-hybridized carbons (Fsp3) is 0.533. The van der Waals surface area contributed by atoms with E-state index in [1.165, 1.54) is 23.1 Å². The van der Waals surface area contributed by atoms with Gasteiger partial charge in [-0.15, -0.1) is 0 Å². The Bertz CT molecular complexity index is 455. The smallest absolute Gasteiger partial charge is 0.242 e. The second kappa shape index (κ2) is 6.79. The zero-order valence-electron chi connectivity index (χ0n) is 12.2. The van der Waals surface area contributed by atoms with Gasteiger partial charge >= 0.3 is 0 Å². The van der Waals surface area contributed by atoms with Crippen LogP contribution in [0.1, 0.15) is 39.2 Å². The number of hydrogen-bond donors (Lipinski definition) is 1. The first-order valence-corrected chi connectivity index (χ1v) is 6.84. The fourth-order valence-electron chi connectivity index (χ4n) is 2.19. The molecule has 0 radical (unpaired) electrons. The number of nitrogens with zero attached hydrogens (tertiary/aromatic N) is 1. The van der Waals surface area contributed by atoms with Crippen molar-refractivity contribution in [2.75, 3.05) is 6.54 Å². The SMILES string of the molecule is CCCC(C)(N)C(=O)N(CC)Cc1c(F)cccc1F. The third kappa shape index (κ3) is 3.76. The number of likely N-dealkylation sites (N-methyl/N-ethyl adjacent to an activating group) is 1. The molecule has 1 rings (SSSR count). The highest BCUT2D eigenvalue weighted by atomic mass is 19.1. The maximum Gasteiger partial charge on any atom is 0.242 e. The number of benzene rings is 1. The summed E-state index contributed by atoms with van der Waals surface area (Å²) in [5, 5.41) is 0. The lowest BCUT2D eigenvalue weighted by Crippen LogP contribution is -2.53. The van der Waals surface area contributed by atoms with Crippen LogP contribution < -0.4 is 5.73 Å². The van der Waals surface area contributed by atoms with E-state index in [2.05, 4.69) is 0 Å². The number of rotatable bonds is 6. The van der Waals surface area contributed by atoms with Crippen LogP contribution in [0.5, 0.6) is 0 Å². The molecule has 0 fully saturated rings. The maximum atomic E-state index is 13.6. The lowest BCUT2D eigenvalue weighted by atomic mass is 9.95. The fourth-order valence-corrected chi connectivity index (χ4v) is 2.19. The lowest BCUT2D eigenvalue weighted by Gasteiger charge is -2.31. The van der Waals surface area contributed by atoms with Gasteiger partial charge in [-0.2, -0.15) is 0 Å². The second-order valence-corrected chi connectivity index (χ2v) is 5.19. The van der Waals surface area contributed by atoms with Crippen LogP contribution in [0.2, 0.25) is 0 Å². The predicted octanol–water partition coefficient (Wildman–Crippen LogP) is 2.83. The van der Waals surface area contributed by atoms with E-state index in [0.717, 1.165) is 6.42 Å². The van der Waals surface area contributed by atoms with E-state index >= 15 is 0 Å². The monoisotopic (exact) mass is 284 g/mol. The average molecular weight is 284 g/mol. The number of hydrogen-bond acceptors (Lipinski definition) is 2. The van der Waals surface area contributed by atoms with E-state index in [9.17, 15) is 13.6 Å². The Kier molecular flexibility index (Phi) is 5.62. The summed E-state index contributed by atoms with van der Waals surface area (Å²) in [6.45, 7) is 5.59. The minimum atomic E-state index is -1.01. The molecule has 1 aromatic carbocycles. The molecule has 5 heteroatoms. The van der Waals surface area contributed by atoms with Crippen LogP contribution in [0, 0.1) is 11.6 Å². The van der Waals surface area contributed by atoms with Gasteiger partial charge in [-0.25, -0.2) is 8.78 Å². The van der Waals surface area contributed by atoms with Gasteiger partial charge in [-0.1, -0.05) is 19.4 Å². The quantitative estimate of drug-likeness (QED) is 0.873. The highest BCUT2D eigenvalue weighted by molar-refractivity contribution is 5.85. The molecule has 3 nitrogen and oxygen atoms in total. The summed E-state index contributed by atoms with van der Waals surface area (Å²) < 4.78 is 27.3. The number of carbonyl (C=O) groups is 1. The second-order valence-electron chi connectivity index (χ2n) is 5.19. The minimum absolute atomic E-state index is 0.102. The molecule has 1 unspecified atom stereocenters. The van der Waals surface area contributed by atoms with Crippen molar-refractivity contribution in [2.45, 2.75) is 45.7 Å². The molecule has 112 valence electrons. The first kappa shape index (κ1) is 16.6. The molecule has 0 aliphatic rings. The van der Waals surface area contributed by atoms with Crippen molar-refractivity contribution in [3.8, 4) is 0 Å². The number of nitrogens with two attached hydrogens (primary N) is 1. The highest BCUT2D eigenvalue weighted by Crippen LogP contribution is 2.18. The minimum Gasteiger partial charge on any atom is -0.337 e. The zero-order chi connectivity index (χ0) is 15.3. The van der Waals surface area contributed by atoms with Gasteiger partial charge < -0.3 is 10.6 Å². The molecule has 0 saturated carbocycles. The van der Waals surface area contributed by atoms with Gasteiger partial charge in [0.15, 0.2) is 0 Å².